The van der Waals surface area contributed by atoms with Gasteiger partial charge in [-0.3, -0.25) is 0 Å². The molecule has 1 fully saturated rings. The van der Waals surface area contributed by atoms with E-state index in [1.807, 2.05) is 6.07 Å². The standard InChI is InChI=1S/C15H19FN2O/c1-2-14(15-4-3-7-19-15)18-10-11-5-6-13(16)12(8-11)9-17/h5-6,8,14-15,18H,2-4,7,10H2,1H3/t14-,15+/m1/s1. The van der Waals surface area contributed by atoms with E-state index in [1.165, 1.54) is 6.07 Å². The van der Waals surface area contributed by atoms with Crippen LogP contribution in [0.4, 0.5) is 4.39 Å². The zero-order valence-corrected chi connectivity index (χ0v) is 11.2. The minimum Gasteiger partial charge on any atom is -0.377 e. The molecule has 102 valence electrons. The second-order valence-electron chi connectivity index (χ2n) is 4.87. The number of benzene rings is 1. The van der Waals surface area contributed by atoms with Gasteiger partial charge in [0.2, 0.25) is 0 Å². The molecule has 2 rings (SSSR count). The van der Waals surface area contributed by atoms with Crippen molar-refractivity contribution in [3.63, 3.8) is 0 Å². The Morgan fingerprint density at radius 1 is 1.58 bits per heavy atom. The third kappa shape index (κ3) is 3.52. The minimum absolute atomic E-state index is 0.101. The molecule has 19 heavy (non-hydrogen) atoms. The minimum atomic E-state index is -0.461. The summed E-state index contributed by atoms with van der Waals surface area (Å²) in [6.07, 6.45) is 3.49. The summed E-state index contributed by atoms with van der Waals surface area (Å²) < 4.78 is 18.9. The van der Waals surface area contributed by atoms with Gasteiger partial charge in [0.15, 0.2) is 0 Å². The third-order valence-corrected chi connectivity index (χ3v) is 3.57. The van der Waals surface area contributed by atoms with Crippen molar-refractivity contribution in [1.82, 2.24) is 5.32 Å². The van der Waals surface area contributed by atoms with Crippen molar-refractivity contribution >= 4 is 0 Å². The average molecular weight is 262 g/mol. The van der Waals surface area contributed by atoms with Gasteiger partial charge in [-0.15, -0.1) is 0 Å². The van der Waals surface area contributed by atoms with Crippen LogP contribution in [0.2, 0.25) is 0 Å². The summed E-state index contributed by atoms with van der Waals surface area (Å²) in [5.74, 6) is -0.461. The maximum Gasteiger partial charge on any atom is 0.140 e. The Labute approximate surface area is 113 Å². The highest BCUT2D eigenvalue weighted by atomic mass is 19.1. The number of nitriles is 1. The lowest BCUT2D eigenvalue weighted by molar-refractivity contribution is 0.0765. The Bertz CT molecular complexity index is 464. The number of ether oxygens (including phenoxy) is 1. The maximum absolute atomic E-state index is 13.2. The molecule has 1 aromatic rings. The van der Waals surface area contributed by atoms with E-state index in [1.54, 1.807) is 12.1 Å². The predicted molar refractivity (Wildman–Crippen MR) is 71.0 cm³/mol. The van der Waals surface area contributed by atoms with Crippen LogP contribution >= 0.6 is 0 Å². The number of hydrogen-bond acceptors (Lipinski definition) is 3. The van der Waals surface area contributed by atoms with Gasteiger partial charge in [-0.05, 0) is 37.0 Å². The molecular formula is C15H19FN2O. The van der Waals surface area contributed by atoms with E-state index < -0.39 is 5.82 Å². The second kappa shape index (κ2) is 6.65. The molecule has 4 heteroatoms. The lowest BCUT2D eigenvalue weighted by atomic mass is 10.0. The highest BCUT2D eigenvalue weighted by Gasteiger charge is 2.23. The molecule has 1 aliphatic heterocycles. The Morgan fingerprint density at radius 2 is 2.42 bits per heavy atom. The molecule has 3 nitrogen and oxygen atoms in total. The van der Waals surface area contributed by atoms with E-state index in [-0.39, 0.29) is 11.7 Å². The van der Waals surface area contributed by atoms with Gasteiger partial charge in [-0.25, -0.2) is 4.39 Å². The third-order valence-electron chi connectivity index (χ3n) is 3.57. The van der Waals surface area contributed by atoms with Crippen molar-refractivity contribution < 1.29 is 9.13 Å². The van der Waals surface area contributed by atoms with Crippen molar-refractivity contribution in [1.29, 1.82) is 5.26 Å². The van der Waals surface area contributed by atoms with Crippen LogP contribution in [-0.2, 0) is 11.3 Å². The van der Waals surface area contributed by atoms with Gasteiger partial charge in [0.25, 0.3) is 0 Å². The number of halogens is 1. The van der Waals surface area contributed by atoms with Gasteiger partial charge in [0.05, 0.1) is 11.7 Å². The molecule has 1 aliphatic rings. The van der Waals surface area contributed by atoms with Crippen molar-refractivity contribution in [2.45, 2.75) is 44.9 Å². The van der Waals surface area contributed by atoms with Gasteiger partial charge >= 0.3 is 0 Å². The number of nitrogens with one attached hydrogen (secondary N) is 1. The number of hydrogen-bond donors (Lipinski definition) is 1. The van der Waals surface area contributed by atoms with Crippen LogP contribution in [0.1, 0.15) is 37.3 Å². The zero-order valence-electron chi connectivity index (χ0n) is 11.2. The van der Waals surface area contributed by atoms with Gasteiger partial charge < -0.3 is 10.1 Å². The highest BCUT2D eigenvalue weighted by Crippen LogP contribution is 2.18. The summed E-state index contributed by atoms with van der Waals surface area (Å²) in [6.45, 7) is 3.61. The van der Waals surface area contributed by atoms with Crippen LogP contribution in [0.5, 0.6) is 0 Å². The maximum atomic E-state index is 13.2. The molecule has 0 bridgehead atoms. The van der Waals surface area contributed by atoms with E-state index in [9.17, 15) is 4.39 Å². The lowest BCUT2D eigenvalue weighted by Crippen LogP contribution is -2.38. The summed E-state index contributed by atoms with van der Waals surface area (Å²) in [4.78, 5) is 0. The van der Waals surface area contributed by atoms with Gasteiger partial charge in [0.1, 0.15) is 11.9 Å². The Morgan fingerprint density at radius 3 is 3.05 bits per heavy atom. The number of nitrogens with zero attached hydrogens (tertiary/aromatic N) is 1. The van der Waals surface area contributed by atoms with Crippen molar-refractivity contribution in [3.8, 4) is 6.07 Å². The van der Waals surface area contributed by atoms with Crippen molar-refractivity contribution in [2.75, 3.05) is 6.61 Å². The summed E-state index contributed by atoms with van der Waals surface area (Å²) in [5.41, 5.74) is 1.03. The molecular weight excluding hydrogens is 243 g/mol. The van der Waals surface area contributed by atoms with Gasteiger partial charge in [-0.1, -0.05) is 13.0 Å². The van der Waals surface area contributed by atoms with Crippen LogP contribution in [0.25, 0.3) is 0 Å². The van der Waals surface area contributed by atoms with Crippen molar-refractivity contribution in [3.05, 3.63) is 35.1 Å². The molecule has 0 unspecified atom stereocenters. The molecule has 0 aromatic heterocycles. The first-order valence-electron chi connectivity index (χ1n) is 6.78. The zero-order chi connectivity index (χ0) is 13.7. The van der Waals surface area contributed by atoms with E-state index in [0.29, 0.717) is 12.6 Å². The summed E-state index contributed by atoms with van der Waals surface area (Å²) >= 11 is 0. The van der Waals surface area contributed by atoms with E-state index in [0.717, 1.165) is 31.4 Å². The molecule has 0 aliphatic carbocycles. The molecule has 1 aromatic carbocycles. The normalized spacial score (nSPS) is 20.2. The fourth-order valence-electron chi connectivity index (χ4n) is 2.48. The first kappa shape index (κ1) is 14.0. The van der Waals surface area contributed by atoms with Crippen LogP contribution in [0.3, 0.4) is 0 Å². The van der Waals surface area contributed by atoms with Crippen molar-refractivity contribution in [2.24, 2.45) is 0 Å². The highest BCUT2D eigenvalue weighted by molar-refractivity contribution is 5.34. The van der Waals surface area contributed by atoms with Crippen LogP contribution in [0.15, 0.2) is 18.2 Å². The largest absolute Gasteiger partial charge is 0.377 e. The Balaban J connectivity index is 1.95. The molecule has 1 heterocycles. The topological polar surface area (TPSA) is 45.0 Å². The molecule has 1 N–H and O–H groups in total. The lowest BCUT2D eigenvalue weighted by Gasteiger charge is -2.23. The Kier molecular flexibility index (Phi) is 4.89. The fourth-order valence-corrected chi connectivity index (χ4v) is 2.48. The number of rotatable bonds is 5. The predicted octanol–water partition coefficient (Wildman–Crippen LogP) is 2.74. The fraction of sp³-hybridized carbons (Fsp3) is 0.533. The monoisotopic (exact) mass is 262 g/mol. The second-order valence-corrected chi connectivity index (χ2v) is 4.87. The molecule has 0 amide bonds. The van der Waals surface area contributed by atoms with Crippen LogP contribution in [-0.4, -0.2) is 18.8 Å². The first-order chi connectivity index (χ1) is 9.24. The smallest absolute Gasteiger partial charge is 0.140 e. The SMILES string of the molecule is CC[C@@H](NCc1ccc(F)c(C#N)c1)[C@@H]1CCCO1. The summed E-state index contributed by atoms with van der Waals surface area (Å²) in [6, 6.07) is 6.85. The van der Waals surface area contributed by atoms with Crippen LogP contribution < -0.4 is 5.32 Å². The average Bonchev–Trinajstić information content (AvgIpc) is 2.95. The summed E-state index contributed by atoms with van der Waals surface area (Å²) in [5, 5.41) is 12.3. The van der Waals surface area contributed by atoms with E-state index in [2.05, 4.69) is 12.2 Å². The molecule has 2 atom stereocenters. The van der Waals surface area contributed by atoms with Crippen LogP contribution in [0, 0.1) is 17.1 Å². The molecule has 1 saturated heterocycles. The molecule has 0 spiro atoms. The first-order valence-corrected chi connectivity index (χ1v) is 6.78. The molecule has 0 radical (unpaired) electrons. The van der Waals surface area contributed by atoms with Gasteiger partial charge in [0, 0.05) is 19.2 Å². The van der Waals surface area contributed by atoms with Gasteiger partial charge in [-0.2, -0.15) is 5.26 Å². The van der Waals surface area contributed by atoms with E-state index >= 15 is 0 Å². The molecule has 0 saturated carbocycles. The summed E-state index contributed by atoms with van der Waals surface area (Å²) in [7, 11) is 0. The Hall–Kier alpha value is -1.44. The van der Waals surface area contributed by atoms with E-state index in [4.69, 9.17) is 10.00 Å². The quantitative estimate of drug-likeness (QED) is 0.887.